The minimum absolute atomic E-state index is 0.0989. The summed E-state index contributed by atoms with van der Waals surface area (Å²) < 4.78 is 31.2. The van der Waals surface area contributed by atoms with E-state index in [1.54, 1.807) is 19.1 Å². The summed E-state index contributed by atoms with van der Waals surface area (Å²) in [5, 5.41) is 6.74. The Morgan fingerprint density at radius 2 is 1.77 bits per heavy atom. The number of aromatic nitrogens is 1. The Morgan fingerprint density at radius 1 is 1.03 bits per heavy atom. The van der Waals surface area contributed by atoms with Crippen molar-refractivity contribution in [3.63, 3.8) is 0 Å². The zero-order valence-electron chi connectivity index (χ0n) is 17.7. The second kappa shape index (κ2) is 8.83. The van der Waals surface area contributed by atoms with Crippen molar-refractivity contribution in [2.75, 3.05) is 5.75 Å². The van der Waals surface area contributed by atoms with Crippen molar-refractivity contribution in [3.05, 3.63) is 70.4 Å². The second-order valence-electron chi connectivity index (χ2n) is 7.47. The summed E-state index contributed by atoms with van der Waals surface area (Å²) in [7, 11) is -3.64. The van der Waals surface area contributed by atoms with E-state index in [-0.39, 0.29) is 23.0 Å². The van der Waals surface area contributed by atoms with Gasteiger partial charge in [-0.1, -0.05) is 41.6 Å². The maximum Gasteiger partial charge on any atom is 0.221 e. The van der Waals surface area contributed by atoms with Gasteiger partial charge in [0.25, 0.3) is 0 Å². The third-order valence-electron chi connectivity index (χ3n) is 5.28. The first-order chi connectivity index (χ1) is 14.2. The fourth-order valence-corrected chi connectivity index (χ4v) is 4.73. The van der Waals surface area contributed by atoms with Crippen LogP contribution < -0.4 is 5.32 Å². The molecule has 1 heterocycles. The summed E-state index contributed by atoms with van der Waals surface area (Å²) in [6.07, 6.45) is -0.0989. The lowest BCUT2D eigenvalue weighted by atomic mass is 10.1. The predicted octanol–water partition coefficient (Wildman–Crippen LogP) is 4.06. The van der Waals surface area contributed by atoms with Crippen molar-refractivity contribution in [1.29, 1.82) is 0 Å². The topological polar surface area (TPSA) is 89.3 Å². The summed E-state index contributed by atoms with van der Waals surface area (Å²) in [6, 6.07) is 12.9. The van der Waals surface area contributed by atoms with Crippen LogP contribution in [-0.2, 0) is 21.2 Å². The highest BCUT2D eigenvalue weighted by molar-refractivity contribution is 7.91. The van der Waals surface area contributed by atoms with Crippen LogP contribution in [0.4, 0.5) is 0 Å². The molecule has 0 aliphatic rings. The van der Waals surface area contributed by atoms with E-state index < -0.39 is 9.84 Å². The Kier molecular flexibility index (Phi) is 6.41. The standard InChI is InChI=1S/C23H26N2O4S/c1-15-7-5-6-8-20(15)14-24-22(26)11-12-30(27,28)21-13-19(10-9-16(21)2)23-17(3)18(4)25-29-23/h5-10,13H,11-12,14H2,1-4H3,(H,24,26). The van der Waals surface area contributed by atoms with Gasteiger partial charge in [0.1, 0.15) is 0 Å². The summed E-state index contributed by atoms with van der Waals surface area (Å²) in [6.45, 7) is 7.81. The van der Waals surface area contributed by atoms with Crippen LogP contribution in [0.25, 0.3) is 11.3 Å². The number of benzene rings is 2. The smallest absolute Gasteiger partial charge is 0.221 e. The Morgan fingerprint density at radius 3 is 2.43 bits per heavy atom. The van der Waals surface area contributed by atoms with E-state index in [1.165, 1.54) is 0 Å². The molecule has 3 rings (SSSR count). The molecule has 6 nitrogen and oxygen atoms in total. The number of sulfone groups is 1. The minimum Gasteiger partial charge on any atom is -0.356 e. The average molecular weight is 427 g/mol. The lowest BCUT2D eigenvalue weighted by Crippen LogP contribution is -2.25. The molecule has 0 saturated carbocycles. The highest BCUT2D eigenvalue weighted by Crippen LogP contribution is 2.29. The molecule has 7 heteroatoms. The maximum atomic E-state index is 12.9. The summed E-state index contributed by atoms with van der Waals surface area (Å²) in [5.74, 6) is 0.00274. The maximum absolute atomic E-state index is 12.9. The molecule has 0 aliphatic carbocycles. The van der Waals surface area contributed by atoms with Gasteiger partial charge >= 0.3 is 0 Å². The normalized spacial score (nSPS) is 11.5. The predicted molar refractivity (Wildman–Crippen MR) is 116 cm³/mol. The van der Waals surface area contributed by atoms with E-state index in [2.05, 4.69) is 10.5 Å². The summed E-state index contributed by atoms with van der Waals surface area (Å²) in [5.41, 5.74) is 5.01. The molecule has 1 amide bonds. The number of nitrogens with one attached hydrogen (secondary N) is 1. The first kappa shape index (κ1) is 21.8. The molecule has 0 radical (unpaired) electrons. The van der Waals surface area contributed by atoms with Gasteiger partial charge in [-0.3, -0.25) is 4.79 Å². The van der Waals surface area contributed by atoms with Crippen LogP contribution in [0.5, 0.6) is 0 Å². The molecule has 0 spiro atoms. The zero-order chi connectivity index (χ0) is 21.9. The molecular formula is C23H26N2O4S. The molecule has 0 unspecified atom stereocenters. The van der Waals surface area contributed by atoms with Crippen molar-refractivity contribution in [2.24, 2.45) is 0 Å². The van der Waals surface area contributed by atoms with Crippen molar-refractivity contribution >= 4 is 15.7 Å². The van der Waals surface area contributed by atoms with E-state index >= 15 is 0 Å². The molecule has 0 aliphatic heterocycles. The number of aryl methyl sites for hydroxylation is 3. The van der Waals surface area contributed by atoms with Gasteiger partial charge in [0.05, 0.1) is 16.3 Å². The number of hydrogen-bond acceptors (Lipinski definition) is 5. The molecule has 30 heavy (non-hydrogen) atoms. The fourth-order valence-electron chi connectivity index (χ4n) is 3.19. The van der Waals surface area contributed by atoms with E-state index in [9.17, 15) is 13.2 Å². The molecule has 0 atom stereocenters. The number of carbonyl (C=O) groups is 1. The molecule has 158 valence electrons. The van der Waals surface area contributed by atoms with Crippen LogP contribution in [0.3, 0.4) is 0 Å². The molecule has 1 N–H and O–H groups in total. The summed E-state index contributed by atoms with van der Waals surface area (Å²) in [4.78, 5) is 12.4. The van der Waals surface area contributed by atoms with Gasteiger partial charge < -0.3 is 9.84 Å². The van der Waals surface area contributed by atoms with E-state index in [0.717, 1.165) is 22.4 Å². The van der Waals surface area contributed by atoms with Crippen LogP contribution in [-0.4, -0.2) is 25.2 Å². The number of hydrogen-bond donors (Lipinski definition) is 1. The first-order valence-corrected chi connectivity index (χ1v) is 11.4. The molecule has 1 aromatic heterocycles. The van der Waals surface area contributed by atoms with Gasteiger partial charge in [0, 0.05) is 24.1 Å². The minimum atomic E-state index is -3.64. The molecular weight excluding hydrogens is 400 g/mol. The Labute approximate surface area is 177 Å². The summed E-state index contributed by atoms with van der Waals surface area (Å²) >= 11 is 0. The van der Waals surface area contributed by atoms with Gasteiger partial charge in [0.15, 0.2) is 15.6 Å². The van der Waals surface area contributed by atoms with Gasteiger partial charge in [-0.05, 0) is 50.5 Å². The van der Waals surface area contributed by atoms with Crippen molar-refractivity contribution < 1.29 is 17.7 Å². The van der Waals surface area contributed by atoms with E-state index in [1.807, 2.05) is 51.1 Å². The molecule has 0 bridgehead atoms. The third-order valence-corrected chi connectivity index (χ3v) is 7.13. The van der Waals surface area contributed by atoms with Crippen LogP contribution in [0.1, 0.15) is 34.4 Å². The van der Waals surface area contributed by atoms with Crippen LogP contribution in [0.15, 0.2) is 51.9 Å². The second-order valence-corrected chi connectivity index (χ2v) is 9.55. The van der Waals surface area contributed by atoms with E-state index in [0.29, 0.717) is 23.4 Å². The number of rotatable bonds is 7. The van der Waals surface area contributed by atoms with Crippen molar-refractivity contribution in [3.8, 4) is 11.3 Å². The highest BCUT2D eigenvalue weighted by atomic mass is 32.2. The Balaban J connectivity index is 1.71. The lowest BCUT2D eigenvalue weighted by molar-refractivity contribution is -0.120. The number of amides is 1. The van der Waals surface area contributed by atoms with Gasteiger partial charge in [-0.2, -0.15) is 0 Å². The van der Waals surface area contributed by atoms with Crippen molar-refractivity contribution in [2.45, 2.75) is 45.6 Å². The third kappa shape index (κ3) is 4.79. The monoisotopic (exact) mass is 426 g/mol. The van der Waals surface area contributed by atoms with Gasteiger partial charge in [-0.25, -0.2) is 8.42 Å². The SMILES string of the molecule is Cc1ccccc1CNC(=O)CCS(=O)(=O)c1cc(-c2onc(C)c2C)ccc1C. The zero-order valence-corrected chi connectivity index (χ0v) is 18.5. The van der Waals surface area contributed by atoms with Gasteiger partial charge in [-0.15, -0.1) is 0 Å². The Bertz CT molecular complexity index is 1180. The van der Waals surface area contributed by atoms with Gasteiger partial charge in [0.2, 0.25) is 5.91 Å². The molecule has 3 aromatic rings. The highest BCUT2D eigenvalue weighted by Gasteiger charge is 2.21. The lowest BCUT2D eigenvalue weighted by Gasteiger charge is -2.11. The largest absolute Gasteiger partial charge is 0.356 e. The van der Waals surface area contributed by atoms with Crippen LogP contribution in [0.2, 0.25) is 0 Å². The molecule has 0 saturated heterocycles. The number of nitrogens with zero attached hydrogens (tertiary/aromatic N) is 1. The van der Waals surface area contributed by atoms with Crippen molar-refractivity contribution in [1.82, 2.24) is 10.5 Å². The van der Waals surface area contributed by atoms with Crippen LogP contribution >= 0.6 is 0 Å². The average Bonchev–Trinajstić information content (AvgIpc) is 3.05. The quantitative estimate of drug-likeness (QED) is 0.615. The Hall–Kier alpha value is -2.93. The molecule has 2 aromatic carbocycles. The first-order valence-electron chi connectivity index (χ1n) is 9.77. The fraction of sp³-hybridized carbons (Fsp3) is 0.304. The number of carbonyl (C=O) groups excluding carboxylic acids is 1. The van der Waals surface area contributed by atoms with Crippen LogP contribution in [0, 0.1) is 27.7 Å². The molecule has 0 fully saturated rings. The van der Waals surface area contributed by atoms with E-state index in [4.69, 9.17) is 4.52 Å².